The summed E-state index contributed by atoms with van der Waals surface area (Å²) < 4.78 is 5.45. The minimum absolute atomic E-state index is 0.0389. The van der Waals surface area contributed by atoms with Crippen LogP contribution in [0.1, 0.15) is 68.6 Å². The predicted octanol–water partition coefficient (Wildman–Crippen LogP) is 4.42. The maximum absolute atomic E-state index is 13.1. The number of aromatic nitrogens is 1. The van der Waals surface area contributed by atoms with E-state index in [1.165, 1.54) is 23.1 Å². The van der Waals surface area contributed by atoms with Crippen LogP contribution >= 0.6 is 0 Å². The van der Waals surface area contributed by atoms with Crippen molar-refractivity contribution in [1.29, 1.82) is 0 Å². The monoisotopic (exact) mass is 411 g/mol. The molecule has 4 rings (SSSR count). The molecule has 1 aromatic heterocycles. The van der Waals surface area contributed by atoms with E-state index in [1.54, 1.807) is 4.90 Å². The molecule has 0 bridgehead atoms. The van der Waals surface area contributed by atoms with Gasteiger partial charge in [-0.05, 0) is 70.4 Å². The average molecular weight is 412 g/mol. The Kier molecular flexibility index (Phi) is 5.51. The topological polar surface area (TPSA) is 74.4 Å². The first-order chi connectivity index (χ1) is 14.2. The van der Waals surface area contributed by atoms with Crippen molar-refractivity contribution in [2.45, 2.75) is 71.4 Å². The first-order valence-corrected chi connectivity index (χ1v) is 11.1. The maximum Gasteiger partial charge on any atom is 0.410 e. The zero-order valence-corrected chi connectivity index (χ0v) is 18.5. The number of aromatic amines is 1. The number of nitrogens with one attached hydrogen (secondary N) is 2. The summed E-state index contributed by atoms with van der Waals surface area (Å²) >= 11 is 0. The van der Waals surface area contributed by atoms with Crippen molar-refractivity contribution in [3.63, 3.8) is 0 Å². The van der Waals surface area contributed by atoms with Crippen LogP contribution in [0.3, 0.4) is 0 Å². The van der Waals surface area contributed by atoms with E-state index in [1.807, 2.05) is 32.9 Å². The zero-order chi connectivity index (χ0) is 21.5. The Labute approximate surface area is 178 Å². The van der Waals surface area contributed by atoms with Gasteiger partial charge in [-0.15, -0.1) is 0 Å². The number of amides is 2. The molecule has 6 nitrogen and oxygen atoms in total. The molecule has 2 aliphatic rings. The van der Waals surface area contributed by atoms with E-state index in [2.05, 4.69) is 23.3 Å². The number of likely N-dealkylation sites (tertiary alicyclic amines) is 1. The lowest BCUT2D eigenvalue weighted by Crippen LogP contribution is -2.47. The minimum atomic E-state index is -0.492. The fraction of sp³-hybridized carbons (Fsp3) is 0.583. The molecule has 1 saturated heterocycles. The van der Waals surface area contributed by atoms with Crippen LogP contribution in [0.4, 0.5) is 4.79 Å². The number of hydrogen-bond donors (Lipinski definition) is 2. The number of benzene rings is 1. The number of carbonyl (C=O) groups excluding carboxylic acids is 2. The molecule has 1 unspecified atom stereocenters. The van der Waals surface area contributed by atoms with Crippen molar-refractivity contribution in [2.24, 2.45) is 5.92 Å². The highest BCUT2D eigenvalue weighted by molar-refractivity contribution is 6.07. The largest absolute Gasteiger partial charge is 0.444 e. The quantitative estimate of drug-likeness (QED) is 0.768. The zero-order valence-electron chi connectivity index (χ0n) is 18.5. The number of aryl methyl sites for hydroxylation is 1. The molecule has 2 N–H and O–H groups in total. The summed E-state index contributed by atoms with van der Waals surface area (Å²) in [5.74, 6) is 0.645. The number of rotatable bonds is 2. The summed E-state index contributed by atoms with van der Waals surface area (Å²) in [6, 6.07) is 6.07. The van der Waals surface area contributed by atoms with Crippen LogP contribution in [0.25, 0.3) is 10.9 Å². The summed E-state index contributed by atoms with van der Waals surface area (Å²) in [7, 11) is 0. The third-order valence-electron chi connectivity index (χ3n) is 6.20. The van der Waals surface area contributed by atoms with Crippen LogP contribution in [0.15, 0.2) is 18.2 Å². The smallest absolute Gasteiger partial charge is 0.410 e. The fourth-order valence-corrected chi connectivity index (χ4v) is 4.60. The van der Waals surface area contributed by atoms with Gasteiger partial charge in [0.15, 0.2) is 0 Å². The molecule has 1 aromatic carbocycles. The Bertz CT molecular complexity index is 948. The van der Waals surface area contributed by atoms with Crippen molar-refractivity contribution >= 4 is 22.9 Å². The number of ether oxygens (including phenoxy) is 1. The molecular formula is C24H33N3O3. The second-order valence-electron chi connectivity index (χ2n) is 9.87. The lowest BCUT2D eigenvalue weighted by atomic mass is 9.87. The molecule has 0 radical (unpaired) electrons. The normalized spacial score (nSPS) is 20.1. The van der Waals surface area contributed by atoms with Crippen molar-refractivity contribution in [1.82, 2.24) is 15.2 Å². The molecule has 2 aromatic rings. The summed E-state index contributed by atoms with van der Waals surface area (Å²) in [6.45, 7) is 9.10. The number of para-hydroxylation sites is 1. The molecule has 1 atom stereocenters. The lowest BCUT2D eigenvalue weighted by molar-refractivity contribution is 0.0199. The Morgan fingerprint density at radius 1 is 1.17 bits per heavy atom. The first-order valence-electron chi connectivity index (χ1n) is 11.1. The van der Waals surface area contributed by atoms with Gasteiger partial charge in [0.25, 0.3) is 5.91 Å². The van der Waals surface area contributed by atoms with E-state index in [9.17, 15) is 9.59 Å². The molecule has 6 heteroatoms. The average Bonchev–Trinajstić information content (AvgIpc) is 3.05. The Hall–Kier alpha value is -2.50. The van der Waals surface area contributed by atoms with Gasteiger partial charge in [-0.3, -0.25) is 4.79 Å². The van der Waals surface area contributed by atoms with Crippen molar-refractivity contribution in [3.8, 4) is 0 Å². The van der Waals surface area contributed by atoms with Gasteiger partial charge in [0.1, 0.15) is 5.60 Å². The van der Waals surface area contributed by atoms with Crippen LogP contribution in [0.2, 0.25) is 0 Å². The van der Waals surface area contributed by atoms with Gasteiger partial charge in [-0.1, -0.05) is 19.1 Å². The summed E-state index contributed by atoms with van der Waals surface area (Å²) in [5.41, 5.74) is 3.84. The molecule has 162 valence electrons. The number of piperidine rings is 1. The van der Waals surface area contributed by atoms with E-state index in [0.29, 0.717) is 24.6 Å². The van der Waals surface area contributed by atoms with Gasteiger partial charge in [-0.2, -0.15) is 0 Å². The van der Waals surface area contributed by atoms with E-state index in [-0.39, 0.29) is 18.0 Å². The second kappa shape index (κ2) is 7.97. The molecular weight excluding hydrogens is 378 g/mol. The van der Waals surface area contributed by atoms with Crippen LogP contribution < -0.4 is 5.32 Å². The Balaban J connectivity index is 1.42. The van der Waals surface area contributed by atoms with E-state index >= 15 is 0 Å². The van der Waals surface area contributed by atoms with Gasteiger partial charge in [0.2, 0.25) is 0 Å². The first kappa shape index (κ1) is 20.8. The van der Waals surface area contributed by atoms with E-state index in [0.717, 1.165) is 31.2 Å². The third kappa shape index (κ3) is 4.32. The number of hydrogen-bond acceptors (Lipinski definition) is 3. The van der Waals surface area contributed by atoms with Gasteiger partial charge >= 0.3 is 6.09 Å². The minimum Gasteiger partial charge on any atom is -0.444 e. The van der Waals surface area contributed by atoms with Gasteiger partial charge in [-0.25, -0.2) is 4.79 Å². The van der Waals surface area contributed by atoms with Gasteiger partial charge in [0, 0.05) is 30.2 Å². The third-order valence-corrected chi connectivity index (χ3v) is 6.20. The van der Waals surface area contributed by atoms with Gasteiger partial charge in [0.05, 0.1) is 11.1 Å². The molecule has 0 saturated carbocycles. The van der Waals surface area contributed by atoms with Crippen LogP contribution in [-0.4, -0.2) is 46.6 Å². The van der Waals surface area contributed by atoms with Gasteiger partial charge < -0.3 is 19.9 Å². The predicted molar refractivity (Wildman–Crippen MR) is 118 cm³/mol. The highest BCUT2D eigenvalue weighted by Gasteiger charge is 2.28. The van der Waals surface area contributed by atoms with Crippen LogP contribution in [-0.2, 0) is 17.6 Å². The number of nitrogens with zero attached hydrogens (tertiary/aromatic N) is 1. The molecule has 1 aliphatic heterocycles. The highest BCUT2D eigenvalue weighted by Crippen LogP contribution is 2.33. The SMILES string of the molecule is CC1CCc2[nH]c3c(C(=O)NC4CCN(C(=O)OC(C)(C)C)CC4)cccc3c2C1. The van der Waals surface area contributed by atoms with Crippen LogP contribution in [0.5, 0.6) is 0 Å². The lowest BCUT2D eigenvalue weighted by Gasteiger charge is -2.33. The molecule has 2 amide bonds. The Morgan fingerprint density at radius 3 is 2.60 bits per heavy atom. The standard InChI is InChI=1S/C24H33N3O3/c1-15-8-9-20-19(14-15)17-6-5-7-18(21(17)26-20)22(28)25-16-10-12-27(13-11-16)23(29)30-24(2,3)4/h5-7,15-16,26H,8-14H2,1-4H3,(H,25,28). The molecule has 0 spiro atoms. The number of H-pyrrole nitrogens is 1. The summed E-state index contributed by atoms with van der Waals surface area (Å²) in [4.78, 5) is 30.6. The molecule has 2 heterocycles. The van der Waals surface area contributed by atoms with Crippen LogP contribution in [0, 0.1) is 5.92 Å². The second-order valence-corrected chi connectivity index (χ2v) is 9.87. The van der Waals surface area contributed by atoms with Crippen molar-refractivity contribution in [3.05, 3.63) is 35.0 Å². The van der Waals surface area contributed by atoms with E-state index in [4.69, 9.17) is 4.74 Å². The Morgan fingerprint density at radius 2 is 1.90 bits per heavy atom. The number of carbonyl (C=O) groups is 2. The van der Waals surface area contributed by atoms with Crippen molar-refractivity contribution in [2.75, 3.05) is 13.1 Å². The molecule has 1 aliphatic carbocycles. The highest BCUT2D eigenvalue weighted by atomic mass is 16.6. The van der Waals surface area contributed by atoms with Crippen molar-refractivity contribution < 1.29 is 14.3 Å². The molecule has 30 heavy (non-hydrogen) atoms. The summed E-state index contributed by atoms with van der Waals surface area (Å²) in [6.07, 6.45) is 4.51. The fourth-order valence-electron chi connectivity index (χ4n) is 4.60. The van der Waals surface area contributed by atoms with E-state index < -0.39 is 5.60 Å². The number of fused-ring (bicyclic) bond motifs is 3. The summed E-state index contributed by atoms with van der Waals surface area (Å²) in [5, 5.41) is 4.37. The maximum atomic E-state index is 13.1. The molecule has 1 fully saturated rings.